The van der Waals surface area contributed by atoms with Crippen molar-refractivity contribution in [2.75, 3.05) is 16.8 Å². The summed E-state index contributed by atoms with van der Waals surface area (Å²) in [6.45, 7) is 8.83. The topological polar surface area (TPSA) is 29.9 Å². The van der Waals surface area contributed by atoms with Gasteiger partial charge >= 0.3 is 0 Å². The van der Waals surface area contributed by atoms with Gasteiger partial charge in [0.05, 0.1) is 17.6 Å². The number of aryl methyl sites for hydroxylation is 1. The van der Waals surface area contributed by atoms with Crippen LogP contribution in [0, 0.1) is 12.8 Å². The second-order valence-electron chi connectivity index (χ2n) is 4.74. The largest absolute Gasteiger partial charge is 0.379 e. The van der Waals surface area contributed by atoms with Crippen LogP contribution in [-0.2, 0) is 7.05 Å². The summed E-state index contributed by atoms with van der Waals surface area (Å²) < 4.78 is 1.90. The minimum absolute atomic E-state index is 0.492. The molecule has 1 rings (SSSR count). The van der Waals surface area contributed by atoms with Gasteiger partial charge in [-0.25, -0.2) is 0 Å². The molecule has 0 aromatic carbocycles. The van der Waals surface area contributed by atoms with Gasteiger partial charge in [0.15, 0.2) is 0 Å². The van der Waals surface area contributed by atoms with Crippen LogP contribution in [0.2, 0.25) is 0 Å². The maximum atomic E-state index is 4.23. The third-order valence-corrected chi connectivity index (χ3v) is 4.09. The molecule has 1 N–H and O–H groups in total. The average molecular weight is 241 g/mol. The van der Waals surface area contributed by atoms with Gasteiger partial charge in [-0.15, -0.1) is 0 Å². The first-order valence-electron chi connectivity index (χ1n) is 5.83. The monoisotopic (exact) mass is 241 g/mol. The van der Waals surface area contributed by atoms with E-state index in [0.29, 0.717) is 6.04 Å². The Balaban J connectivity index is 2.34. The molecule has 0 fully saturated rings. The van der Waals surface area contributed by atoms with Crippen LogP contribution in [0.25, 0.3) is 0 Å². The maximum absolute atomic E-state index is 4.23. The zero-order chi connectivity index (χ0) is 12.1. The van der Waals surface area contributed by atoms with Gasteiger partial charge in [-0.1, -0.05) is 13.8 Å². The highest BCUT2D eigenvalue weighted by Gasteiger charge is 2.07. The Hall–Kier alpha value is -0.640. The molecule has 1 atom stereocenters. The van der Waals surface area contributed by atoms with Crippen LogP contribution in [0.5, 0.6) is 0 Å². The summed E-state index contributed by atoms with van der Waals surface area (Å²) in [5.74, 6) is 3.15. The lowest BCUT2D eigenvalue weighted by Gasteiger charge is -2.15. The van der Waals surface area contributed by atoms with Gasteiger partial charge in [-0.3, -0.25) is 4.68 Å². The first kappa shape index (κ1) is 13.4. The molecule has 1 aromatic rings. The predicted octanol–water partition coefficient (Wildman–Crippen LogP) is 2.92. The van der Waals surface area contributed by atoms with E-state index in [-0.39, 0.29) is 0 Å². The molecule has 1 heterocycles. The number of hydrogen-bond acceptors (Lipinski definition) is 3. The molecule has 92 valence electrons. The van der Waals surface area contributed by atoms with Crippen LogP contribution in [0.3, 0.4) is 0 Å². The highest BCUT2D eigenvalue weighted by Crippen LogP contribution is 2.16. The number of aromatic nitrogens is 2. The number of nitrogens with zero attached hydrogens (tertiary/aromatic N) is 2. The summed E-state index contributed by atoms with van der Waals surface area (Å²) in [4.78, 5) is 0. The van der Waals surface area contributed by atoms with Crippen LogP contribution in [0.4, 0.5) is 5.69 Å². The second kappa shape index (κ2) is 6.18. The smallest absolute Gasteiger partial charge is 0.0758 e. The standard InChI is InChI=1S/C12H23N3S/c1-9(2)7-16-8-10(3)14-12-6-13-15(5)11(12)4/h6,9-10,14H,7-8H2,1-5H3. The SMILES string of the molecule is Cc1c(NC(C)CSCC(C)C)cnn1C. The van der Waals surface area contributed by atoms with Crippen LogP contribution in [0.1, 0.15) is 26.5 Å². The molecule has 0 aliphatic heterocycles. The van der Waals surface area contributed by atoms with Crippen molar-refractivity contribution < 1.29 is 0 Å². The molecular formula is C12H23N3S. The Kier molecular flexibility index (Phi) is 5.19. The van der Waals surface area contributed by atoms with E-state index < -0.39 is 0 Å². The van der Waals surface area contributed by atoms with Gasteiger partial charge in [0.2, 0.25) is 0 Å². The van der Waals surface area contributed by atoms with Crippen LogP contribution in [-0.4, -0.2) is 27.3 Å². The fourth-order valence-electron chi connectivity index (χ4n) is 1.43. The third kappa shape index (κ3) is 4.08. The number of rotatable bonds is 6. The van der Waals surface area contributed by atoms with Crippen LogP contribution < -0.4 is 5.32 Å². The maximum Gasteiger partial charge on any atom is 0.0758 e. The van der Waals surface area contributed by atoms with E-state index in [4.69, 9.17) is 0 Å². The van der Waals surface area contributed by atoms with E-state index in [0.717, 1.165) is 17.4 Å². The fourth-order valence-corrected chi connectivity index (χ4v) is 2.47. The van der Waals surface area contributed by atoms with Crippen molar-refractivity contribution in [1.29, 1.82) is 0 Å². The summed E-state index contributed by atoms with van der Waals surface area (Å²) >= 11 is 2.01. The third-order valence-electron chi connectivity index (χ3n) is 2.46. The summed E-state index contributed by atoms with van der Waals surface area (Å²) in [6.07, 6.45) is 1.90. The van der Waals surface area contributed by atoms with Gasteiger partial charge in [0, 0.05) is 18.8 Å². The van der Waals surface area contributed by atoms with Crippen molar-refractivity contribution >= 4 is 17.4 Å². The van der Waals surface area contributed by atoms with E-state index in [2.05, 4.69) is 38.1 Å². The number of nitrogens with one attached hydrogen (secondary N) is 1. The lowest BCUT2D eigenvalue weighted by Crippen LogP contribution is -2.18. The molecule has 16 heavy (non-hydrogen) atoms. The van der Waals surface area contributed by atoms with E-state index in [9.17, 15) is 0 Å². The molecule has 3 nitrogen and oxygen atoms in total. The average Bonchev–Trinajstić information content (AvgIpc) is 2.49. The Morgan fingerprint density at radius 2 is 2.06 bits per heavy atom. The zero-order valence-corrected chi connectivity index (χ0v) is 11.8. The van der Waals surface area contributed by atoms with Crippen LogP contribution in [0.15, 0.2) is 6.20 Å². The predicted molar refractivity (Wildman–Crippen MR) is 73.2 cm³/mol. The molecule has 0 spiro atoms. The van der Waals surface area contributed by atoms with E-state index in [1.165, 1.54) is 11.4 Å². The molecule has 0 saturated heterocycles. The first-order valence-corrected chi connectivity index (χ1v) is 6.99. The quantitative estimate of drug-likeness (QED) is 0.830. The van der Waals surface area contributed by atoms with E-state index >= 15 is 0 Å². The van der Waals surface area contributed by atoms with Crippen molar-refractivity contribution in [2.24, 2.45) is 13.0 Å². The van der Waals surface area contributed by atoms with E-state index in [1.54, 1.807) is 0 Å². The first-order chi connectivity index (χ1) is 7.50. The van der Waals surface area contributed by atoms with Gasteiger partial charge in [-0.2, -0.15) is 16.9 Å². The Labute approximate surface area is 103 Å². The van der Waals surface area contributed by atoms with Crippen molar-refractivity contribution in [3.8, 4) is 0 Å². The molecule has 0 aliphatic carbocycles. The minimum atomic E-state index is 0.492. The number of anilines is 1. The zero-order valence-electron chi connectivity index (χ0n) is 10.9. The molecule has 0 bridgehead atoms. The number of hydrogen-bond donors (Lipinski definition) is 1. The molecule has 4 heteroatoms. The van der Waals surface area contributed by atoms with Gasteiger partial charge in [0.25, 0.3) is 0 Å². The van der Waals surface area contributed by atoms with Gasteiger partial charge < -0.3 is 5.32 Å². The van der Waals surface area contributed by atoms with Gasteiger partial charge in [0.1, 0.15) is 0 Å². The summed E-state index contributed by atoms with van der Waals surface area (Å²) in [5, 5.41) is 7.73. The van der Waals surface area contributed by atoms with Crippen molar-refractivity contribution in [3.63, 3.8) is 0 Å². The highest BCUT2D eigenvalue weighted by molar-refractivity contribution is 7.99. The van der Waals surface area contributed by atoms with Crippen LogP contribution >= 0.6 is 11.8 Å². The molecule has 0 amide bonds. The molecular weight excluding hydrogens is 218 g/mol. The summed E-state index contributed by atoms with van der Waals surface area (Å²) in [7, 11) is 1.97. The van der Waals surface area contributed by atoms with Crippen molar-refractivity contribution in [3.05, 3.63) is 11.9 Å². The molecule has 1 unspecified atom stereocenters. The van der Waals surface area contributed by atoms with Crippen molar-refractivity contribution in [1.82, 2.24) is 9.78 Å². The van der Waals surface area contributed by atoms with E-state index in [1.807, 2.05) is 29.7 Å². The Morgan fingerprint density at radius 3 is 2.56 bits per heavy atom. The van der Waals surface area contributed by atoms with Gasteiger partial charge in [-0.05, 0) is 25.5 Å². The second-order valence-corrected chi connectivity index (χ2v) is 5.82. The minimum Gasteiger partial charge on any atom is -0.379 e. The number of thioether (sulfide) groups is 1. The normalized spacial score (nSPS) is 13.1. The lowest BCUT2D eigenvalue weighted by molar-refractivity contribution is 0.739. The summed E-state index contributed by atoms with van der Waals surface area (Å²) in [5.41, 5.74) is 2.35. The van der Waals surface area contributed by atoms with Crippen molar-refractivity contribution in [2.45, 2.75) is 33.7 Å². The summed E-state index contributed by atoms with van der Waals surface area (Å²) in [6, 6.07) is 0.492. The molecule has 1 aromatic heterocycles. The lowest BCUT2D eigenvalue weighted by atomic mass is 10.3. The molecule has 0 radical (unpaired) electrons. The Bertz CT molecular complexity index is 320. The fraction of sp³-hybridized carbons (Fsp3) is 0.750. The molecule has 0 saturated carbocycles. The Morgan fingerprint density at radius 1 is 1.38 bits per heavy atom. The molecule has 0 aliphatic rings. The highest BCUT2D eigenvalue weighted by atomic mass is 32.2.